The van der Waals surface area contributed by atoms with Crippen LogP contribution in [0.15, 0.2) is 0 Å². The molecule has 0 aromatic heterocycles. The monoisotopic (exact) mass is 154 g/mol. The van der Waals surface area contributed by atoms with Gasteiger partial charge in [-0.1, -0.05) is 0 Å². The van der Waals surface area contributed by atoms with Crippen LogP contribution in [0.1, 0.15) is 6.42 Å². The van der Waals surface area contributed by atoms with Crippen molar-refractivity contribution in [1.82, 2.24) is 0 Å². The highest BCUT2D eigenvalue weighted by molar-refractivity contribution is 5.85. The summed E-state index contributed by atoms with van der Waals surface area (Å²) in [5.74, 6) is -0.900. The van der Waals surface area contributed by atoms with Crippen molar-refractivity contribution in [3.63, 3.8) is 0 Å². The molecular weight excluding hydrogens is 144 g/mol. The van der Waals surface area contributed by atoms with Crippen LogP contribution in [0.25, 0.3) is 0 Å². The molecule has 56 valence electrons. The van der Waals surface area contributed by atoms with Gasteiger partial charge in [-0.3, -0.25) is 4.79 Å². The van der Waals surface area contributed by atoms with E-state index in [2.05, 4.69) is 0 Å². The first kappa shape index (κ1) is 11.5. The van der Waals surface area contributed by atoms with E-state index in [4.69, 9.17) is 16.6 Å². The van der Waals surface area contributed by atoms with Crippen molar-refractivity contribution in [2.75, 3.05) is 6.54 Å². The van der Waals surface area contributed by atoms with Gasteiger partial charge in [0.2, 0.25) is 0 Å². The summed E-state index contributed by atoms with van der Waals surface area (Å²) in [6.07, 6.45) is -0.0451. The molecule has 0 amide bonds. The summed E-state index contributed by atoms with van der Waals surface area (Å²) in [6, 6.07) is -0.396. The van der Waals surface area contributed by atoms with E-state index in [0.717, 1.165) is 0 Å². The lowest BCUT2D eigenvalue weighted by atomic mass is 10.2. The molecule has 0 aromatic carbocycles. The Morgan fingerprint density at radius 1 is 1.67 bits per heavy atom. The molecule has 0 aliphatic heterocycles. The Bertz CT molecular complexity index is 88.6. The average Bonchev–Trinajstić information content (AvgIpc) is 1.65. The second-order valence-electron chi connectivity index (χ2n) is 1.59. The van der Waals surface area contributed by atoms with Crippen molar-refractivity contribution < 1.29 is 9.90 Å². The Balaban J connectivity index is 0. The van der Waals surface area contributed by atoms with E-state index in [0.29, 0.717) is 0 Å². The van der Waals surface area contributed by atoms with Crippen molar-refractivity contribution in [3.8, 4) is 0 Å². The molecule has 0 aliphatic carbocycles. The Kier molecular flexibility index (Phi) is 7.41. The van der Waals surface area contributed by atoms with Gasteiger partial charge in [0.15, 0.2) is 0 Å². The van der Waals surface area contributed by atoms with Gasteiger partial charge in [-0.25, -0.2) is 0 Å². The number of rotatable bonds is 3. The first-order valence-electron chi connectivity index (χ1n) is 2.34. The Labute approximate surface area is 59.6 Å². The van der Waals surface area contributed by atoms with E-state index >= 15 is 0 Å². The van der Waals surface area contributed by atoms with Gasteiger partial charge >= 0.3 is 5.97 Å². The molecule has 0 fully saturated rings. The van der Waals surface area contributed by atoms with Crippen LogP contribution in [-0.2, 0) is 4.79 Å². The number of carbonyl (C=O) groups is 1. The quantitative estimate of drug-likeness (QED) is 0.495. The normalized spacial score (nSPS) is 11.8. The van der Waals surface area contributed by atoms with E-state index < -0.39 is 12.0 Å². The zero-order valence-corrected chi connectivity index (χ0v) is 5.73. The predicted molar refractivity (Wildman–Crippen MR) is 36.5 cm³/mol. The first-order valence-corrected chi connectivity index (χ1v) is 2.34. The molecule has 0 saturated carbocycles. The first-order chi connectivity index (χ1) is 3.66. The van der Waals surface area contributed by atoms with Gasteiger partial charge < -0.3 is 16.6 Å². The van der Waals surface area contributed by atoms with Gasteiger partial charge in [-0.2, -0.15) is 0 Å². The number of aliphatic carboxylic acids is 1. The lowest BCUT2D eigenvalue weighted by molar-refractivity contribution is -0.137. The number of halogens is 1. The number of carboxylic acid groups (broad SMARTS) is 1. The minimum Gasteiger partial charge on any atom is -0.481 e. The molecule has 0 spiro atoms. The largest absolute Gasteiger partial charge is 0.481 e. The molecule has 5 heteroatoms. The third-order valence-electron chi connectivity index (χ3n) is 0.740. The molecule has 5 N–H and O–H groups in total. The molecule has 9 heavy (non-hydrogen) atoms. The molecule has 0 saturated heterocycles. The third-order valence-corrected chi connectivity index (χ3v) is 0.740. The van der Waals surface area contributed by atoms with E-state index in [9.17, 15) is 4.79 Å². The van der Waals surface area contributed by atoms with Crippen molar-refractivity contribution in [1.29, 1.82) is 0 Å². The highest BCUT2D eigenvalue weighted by Crippen LogP contribution is 1.82. The smallest absolute Gasteiger partial charge is 0.304 e. The fraction of sp³-hybridized carbons (Fsp3) is 0.750. The van der Waals surface area contributed by atoms with Crippen LogP contribution in [-0.4, -0.2) is 23.7 Å². The van der Waals surface area contributed by atoms with Crippen LogP contribution in [0.2, 0.25) is 0 Å². The maximum Gasteiger partial charge on any atom is 0.304 e. The van der Waals surface area contributed by atoms with Crippen molar-refractivity contribution in [2.24, 2.45) is 11.5 Å². The highest BCUT2D eigenvalue weighted by Gasteiger charge is 2.03. The third kappa shape index (κ3) is 7.68. The topological polar surface area (TPSA) is 89.3 Å². The molecule has 0 radical (unpaired) electrons. The fourth-order valence-corrected chi connectivity index (χ4v) is 0.308. The Morgan fingerprint density at radius 3 is 2.22 bits per heavy atom. The van der Waals surface area contributed by atoms with E-state index in [1.165, 1.54) is 0 Å². The van der Waals surface area contributed by atoms with Crippen LogP contribution in [0.3, 0.4) is 0 Å². The molecule has 1 unspecified atom stereocenters. The van der Waals surface area contributed by atoms with Gasteiger partial charge in [0.1, 0.15) is 0 Å². The van der Waals surface area contributed by atoms with Crippen LogP contribution in [0, 0.1) is 0 Å². The lowest BCUT2D eigenvalue weighted by Gasteiger charge is -2.01. The standard InChI is InChI=1S/C4H10N2O2.ClH/c5-2-3(6)1-4(7)8;/h3H,1-2,5-6H2,(H,7,8);1H. The zero-order valence-electron chi connectivity index (χ0n) is 4.91. The Hall–Kier alpha value is -0.320. The van der Waals surface area contributed by atoms with E-state index in [-0.39, 0.29) is 25.4 Å². The summed E-state index contributed by atoms with van der Waals surface area (Å²) in [6.45, 7) is 0.228. The maximum absolute atomic E-state index is 9.83. The number of carboxylic acids is 1. The lowest BCUT2D eigenvalue weighted by Crippen LogP contribution is -2.31. The van der Waals surface area contributed by atoms with Crippen LogP contribution in [0.5, 0.6) is 0 Å². The molecule has 0 aromatic rings. The molecular formula is C4H11ClN2O2. The summed E-state index contributed by atoms with van der Waals surface area (Å²) < 4.78 is 0. The summed E-state index contributed by atoms with van der Waals surface area (Å²) in [7, 11) is 0. The molecule has 0 bridgehead atoms. The molecule has 1 atom stereocenters. The van der Waals surface area contributed by atoms with Crippen LogP contribution < -0.4 is 11.5 Å². The molecule has 4 nitrogen and oxygen atoms in total. The summed E-state index contributed by atoms with van der Waals surface area (Å²) in [4.78, 5) is 9.83. The van der Waals surface area contributed by atoms with Crippen molar-refractivity contribution in [3.05, 3.63) is 0 Å². The Morgan fingerprint density at radius 2 is 2.11 bits per heavy atom. The van der Waals surface area contributed by atoms with Crippen molar-refractivity contribution >= 4 is 18.4 Å². The number of hydrogen-bond acceptors (Lipinski definition) is 3. The fourth-order valence-electron chi connectivity index (χ4n) is 0.308. The average molecular weight is 155 g/mol. The minimum absolute atomic E-state index is 0. The van der Waals surface area contributed by atoms with E-state index in [1.54, 1.807) is 0 Å². The zero-order chi connectivity index (χ0) is 6.57. The molecule has 0 rings (SSSR count). The molecule has 0 heterocycles. The van der Waals surface area contributed by atoms with Gasteiger partial charge in [0, 0.05) is 12.6 Å². The minimum atomic E-state index is -0.900. The summed E-state index contributed by atoms with van der Waals surface area (Å²) in [5, 5.41) is 8.08. The predicted octanol–water partition coefficient (Wildman–Crippen LogP) is -0.831. The maximum atomic E-state index is 9.83. The van der Waals surface area contributed by atoms with Gasteiger partial charge in [0.05, 0.1) is 6.42 Å². The van der Waals surface area contributed by atoms with Crippen molar-refractivity contribution in [2.45, 2.75) is 12.5 Å². The van der Waals surface area contributed by atoms with Crippen LogP contribution >= 0.6 is 12.4 Å². The summed E-state index contributed by atoms with van der Waals surface area (Å²) in [5.41, 5.74) is 10.2. The number of hydrogen-bond donors (Lipinski definition) is 3. The van der Waals surface area contributed by atoms with Gasteiger partial charge in [-0.15, -0.1) is 12.4 Å². The highest BCUT2D eigenvalue weighted by atomic mass is 35.5. The van der Waals surface area contributed by atoms with Gasteiger partial charge in [0.25, 0.3) is 0 Å². The van der Waals surface area contributed by atoms with Gasteiger partial charge in [-0.05, 0) is 0 Å². The summed E-state index contributed by atoms with van der Waals surface area (Å²) >= 11 is 0. The molecule has 0 aliphatic rings. The second kappa shape index (κ2) is 5.81. The number of nitrogens with two attached hydrogens (primary N) is 2. The SMILES string of the molecule is Cl.NCC(N)CC(=O)O. The van der Waals surface area contributed by atoms with Crippen LogP contribution in [0.4, 0.5) is 0 Å². The van der Waals surface area contributed by atoms with E-state index in [1.807, 2.05) is 0 Å². The second-order valence-corrected chi connectivity index (χ2v) is 1.59.